The SMILES string of the molecule is O=C1O[C@H]([C@H](CO)OP(=O)(OCc2ccsc2)OCc2ccsc2)C(OCc2ccsc2)=C1OCc1ccsc1. The van der Waals surface area contributed by atoms with Gasteiger partial charge in [-0.25, -0.2) is 9.36 Å². The van der Waals surface area contributed by atoms with Gasteiger partial charge in [-0.3, -0.25) is 13.6 Å². The number of carbonyl (C=O) groups excluding carboxylic acids is 1. The van der Waals surface area contributed by atoms with Gasteiger partial charge in [-0.1, -0.05) is 0 Å². The van der Waals surface area contributed by atoms with Gasteiger partial charge in [-0.05, 0) is 89.6 Å². The first kappa shape index (κ1) is 29.2. The Balaban J connectivity index is 1.37. The molecule has 0 spiro atoms. The molecule has 40 heavy (non-hydrogen) atoms. The van der Waals surface area contributed by atoms with Crippen molar-refractivity contribution in [2.45, 2.75) is 38.6 Å². The Morgan fingerprint density at radius 3 is 1.70 bits per heavy atom. The van der Waals surface area contributed by atoms with Gasteiger partial charge < -0.3 is 19.3 Å². The number of hydrogen-bond acceptors (Lipinski definition) is 13. The van der Waals surface area contributed by atoms with Gasteiger partial charge in [0.1, 0.15) is 19.3 Å². The van der Waals surface area contributed by atoms with Crippen molar-refractivity contribution in [3.8, 4) is 0 Å². The second-order valence-electron chi connectivity index (χ2n) is 8.44. The van der Waals surface area contributed by atoms with Gasteiger partial charge in [0.2, 0.25) is 5.76 Å². The largest absolute Gasteiger partial charge is 0.485 e. The van der Waals surface area contributed by atoms with Crippen LogP contribution in [0.25, 0.3) is 0 Å². The molecule has 1 N–H and O–H groups in total. The molecule has 2 atom stereocenters. The van der Waals surface area contributed by atoms with Crippen LogP contribution in [0.2, 0.25) is 0 Å². The number of cyclic esters (lactones) is 1. The Morgan fingerprint density at radius 2 is 1.25 bits per heavy atom. The van der Waals surface area contributed by atoms with E-state index in [1.807, 2.05) is 67.3 Å². The highest BCUT2D eigenvalue weighted by molar-refractivity contribution is 7.48. The molecule has 0 saturated heterocycles. The van der Waals surface area contributed by atoms with Crippen LogP contribution in [0.4, 0.5) is 0 Å². The third-order valence-corrected chi connectivity index (χ3v) is 9.91. The maximum atomic E-state index is 13.8. The van der Waals surface area contributed by atoms with Gasteiger partial charge in [0.15, 0.2) is 11.9 Å². The van der Waals surface area contributed by atoms with Crippen LogP contribution in [0.5, 0.6) is 0 Å². The minimum Gasteiger partial charge on any atom is -0.485 e. The quantitative estimate of drug-likeness (QED) is 0.105. The van der Waals surface area contributed by atoms with E-state index in [-0.39, 0.29) is 37.9 Å². The van der Waals surface area contributed by atoms with E-state index in [0.717, 1.165) is 22.3 Å². The first-order valence-electron chi connectivity index (χ1n) is 12.0. The number of aliphatic hydroxyl groups is 1. The van der Waals surface area contributed by atoms with E-state index in [9.17, 15) is 14.5 Å². The summed E-state index contributed by atoms with van der Waals surface area (Å²) in [6.45, 7) is -0.521. The van der Waals surface area contributed by atoms with Gasteiger partial charge >= 0.3 is 13.8 Å². The van der Waals surface area contributed by atoms with E-state index in [4.69, 9.17) is 27.8 Å². The molecule has 1 aliphatic heterocycles. The van der Waals surface area contributed by atoms with Crippen LogP contribution in [0.1, 0.15) is 22.3 Å². The van der Waals surface area contributed by atoms with Crippen molar-refractivity contribution in [2.75, 3.05) is 6.61 Å². The molecule has 0 aliphatic carbocycles. The molecular formula is C26H25O9PS4. The van der Waals surface area contributed by atoms with E-state index in [2.05, 4.69) is 0 Å². The van der Waals surface area contributed by atoms with Gasteiger partial charge in [0.05, 0.1) is 19.8 Å². The molecule has 0 bridgehead atoms. The number of carbonyl (C=O) groups is 1. The first-order valence-corrected chi connectivity index (χ1v) is 17.2. The van der Waals surface area contributed by atoms with Crippen LogP contribution >= 0.6 is 53.2 Å². The molecule has 1 aliphatic rings. The zero-order chi connectivity index (χ0) is 27.8. The molecule has 212 valence electrons. The summed E-state index contributed by atoms with van der Waals surface area (Å²) < 4.78 is 48.3. The highest BCUT2D eigenvalue weighted by Crippen LogP contribution is 2.53. The maximum Gasteiger partial charge on any atom is 0.475 e. The predicted octanol–water partition coefficient (Wildman–Crippen LogP) is 6.72. The fourth-order valence-electron chi connectivity index (χ4n) is 3.55. The van der Waals surface area contributed by atoms with E-state index >= 15 is 0 Å². The summed E-state index contributed by atoms with van der Waals surface area (Å²) in [4.78, 5) is 12.9. The summed E-state index contributed by atoms with van der Waals surface area (Å²) in [5.41, 5.74) is 3.31. The minimum atomic E-state index is -4.27. The Bertz CT molecular complexity index is 1360. The predicted molar refractivity (Wildman–Crippen MR) is 153 cm³/mol. The van der Waals surface area contributed by atoms with E-state index in [1.165, 1.54) is 45.3 Å². The van der Waals surface area contributed by atoms with Crippen LogP contribution in [-0.4, -0.2) is 29.9 Å². The number of ether oxygens (including phenoxy) is 3. The summed E-state index contributed by atoms with van der Waals surface area (Å²) >= 11 is 5.94. The molecule has 0 aromatic carbocycles. The molecule has 0 saturated carbocycles. The van der Waals surface area contributed by atoms with Crippen molar-refractivity contribution in [1.29, 1.82) is 0 Å². The Morgan fingerprint density at radius 1 is 0.775 bits per heavy atom. The van der Waals surface area contributed by atoms with Crippen molar-refractivity contribution in [2.24, 2.45) is 0 Å². The standard InChI is InChI=1S/C26H25O9PS4/c27-9-22(35-36(29,32-12-20-3-7-39-16-20)33-13-21-4-8-40-17-21)23-24(30-10-18-1-5-37-14-18)25(26(28)34-23)31-11-19-2-6-38-15-19/h1-8,14-17,22-23,27H,9-13H2/t22-,23+/m0/s1. The number of esters is 1. The van der Waals surface area contributed by atoms with Gasteiger partial charge in [0, 0.05) is 0 Å². The average Bonchev–Trinajstić information content (AvgIpc) is 3.79. The smallest absolute Gasteiger partial charge is 0.475 e. The molecule has 0 amide bonds. The second-order valence-corrected chi connectivity index (χ2v) is 13.2. The van der Waals surface area contributed by atoms with E-state index < -0.39 is 32.6 Å². The maximum absolute atomic E-state index is 13.8. The molecule has 0 radical (unpaired) electrons. The lowest BCUT2D eigenvalue weighted by Gasteiger charge is -2.26. The number of rotatable bonds is 16. The molecule has 0 unspecified atom stereocenters. The fourth-order valence-corrected chi connectivity index (χ4v) is 7.48. The summed E-state index contributed by atoms with van der Waals surface area (Å²) in [5.74, 6) is -0.884. The lowest BCUT2D eigenvalue weighted by molar-refractivity contribution is -0.148. The molecular weight excluding hydrogens is 616 g/mol. The van der Waals surface area contributed by atoms with Crippen LogP contribution in [0, 0.1) is 0 Å². The van der Waals surface area contributed by atoms with Crippen LogP contribution in [0.15, 0.2) is 78.8 Å². The lowest BCUT2D eigenvalue weighted by Crippen LogP contribution is -2.35. The highest BCUT2D eigenvalue weighted by atomic mass is 32.1. The summed E-state index contributed by atoms with van der Waals surface area (Å²) in [6, 6.07) is 7.41. The highest BCUT2D eigenvalue weighted by Gasteiger charge is 2.46. The molecule has 9 nitrogen and oxygen atoms in total. The Kier molecular flexibility index (Phi) is 10.2. The number of phosphoric ester groups is 1. The van der Waals surface area contributed by atoms with Crippen molar-refractivity contribution >= 4 is 59.1 Å². The summed E-state index contributed by atoms with van der Waals surface area (Å²) in [5, 5.41) is 25.4. The number of hydrogen-bond donors (Lipinski definition) is 1. The summed E-state index contributed by atoms with van der Waals surface area (Å²) in [7, 11) is -4.27. The van der Waals surface area contributed by atoms with Gasteiger partial charge in [0.25, 0.3) is 0 Å². The molecule has 0 fully saturated rings. The normalized spacial score (nSPS) is 16.3. The van der Waals surface area contributed by atoms with Crippen molar-refractivity contribution in [1.82, 2.24) is 0 Å². The van der Waals surface area contributed by atoms with E-state index in [1.54, 1.807) is 0 Å². The van der Waals surface area contributed by atoms with Crippen molar-refractivity contribution in [3.05, 3.63) is 101 Å². The molecule has 5 rings (SSSR count). The van der Waals surface area contributed by atoms with Crippen LogP contribution in [0.3, 0.4) is 0 Å². The molecule has 14 heteroatoms. The first-order chi connectivity index (χ1) is 19.5. The monoisotopic (exact) mass is 640 g/mol. The number of thiophene rings is 4. The zero-order valence-electron chi connectivity index (χ0n) is 20.9. The van der Waals surface area contributed by atoms with Crippen molar-refractivity contribution < 1.29 is 42.2 Å². The van der Waals surface area contributed by atoms with Crippen LogP contribution < -0.4 is 0 Å². The molecule has 4 aromatic heterocycles. The zero-order valence-corrected chi connectivity index (χ0v) is 25.1. The minimum absolute atomic E-state index is 0.0349. The fraction of sp³-hybridized carbons (Fsp3) is 0.269. The number of aliphatic hydroxyl groups excluding tert-OH is 1. The Labute approximate surface area is 246 Å². The van der Waals surface area contributed by atoms with Gasteiger partial charge in [-0.15, -0.1) is 0 Å². The van der Waals surface area contributed by atoms with Crippen LogP contribution in [-0.2, 0) is 63.6 Å². The summed E-state index contributed by atoms with van der Waals surface area (Å²) in [6.07, 6.45) is -2.59. The lowest BCUT2D eigenvalue weighted by atomic mass is 10.2. The molecule has 5 heterocycles. The molecule has 4 aromatic rings. The third-order valence-electron chi connectivity index (χ3n) is 5.56. The van der Waals surface area contributed by atoms with E-state index in [0.29, 0.717) is 0 Å². The average molecular weight is 641 g/mol. The second kappa shape index (κ2) is 14.0. The Hall–Kier alpha value is -2.32. The van der Waals surface area contributed by atoms with Gasteiger partial charge in [-0.2, -0.15) is 45.3 Å². The topological polar surface area (TPSA) is 110 Å². The van der Waals surface area contributed by atoms with Crippen molar-refractivity contribution in [3.63, 3.8) is 0 Å². The number of phosphoric acid groups is 1. The third kappa shape index (κ3) is 7.69.